The summed E-state index contributed by atoms with van der Waals surface area (Å²) in [6.07, 6.45) is 2.73. The standard InChI is InChI=1S/C4H9.C2H6.Li/c1-3-4-2;1-2;/h1,3-4H2,2H3;1-2H3;. The molecule has 0 aromatic rings. The molecule has 7 heavy (non-hydrogen) atoms. The quantitative estimate of drug-likeness (QED) is 0.461. The fraction of sp³-hybridized carbons (Fsp3) is 1.00. The molecule has 0 saturated carbocycles. The van der Waals surface area contributed by atoms with E-state index in [-0.39, 0.29) is 0 Å². The molecule has 40 valence electrons. The first kappa shape index (κ1) is 10.6. The number of hydrogen-bond acceptors (Lipinski definition) is 0. The average molecular weight is 94.1 g/mol. The van der Waals surface area contributed by atoms with Gasteiger partial charge in [0.1, 0.15) is 0 Å². The molecule has 0 fully saturated rings. The van der Waals surface area contributed by atoms with Gasteiger partial charge in [0.05, 0.1) is 0 Å². The van der Waals surface area contributed by atoms with Crippen molar-refractivity contribution in [1.82, 2.24) is 0 Å². The molecule has 0 aliphatic heterocycles. The molecule has 0 rings (SSSR count). The molecule has 0 nitrogen and oxygen atoms in total. The summed E-state index contributed by atoms with van der Waals surface area (Å²) in [5, 5.41) is 1.34. The first-order chi connectivity index (χ1) is 3.41. The third kappa shape index (κ3) is 20.7. The van der Waals surface area contributed by atoms with Gasteiger partial charge in [0.15, 0.2) is 0 Å². The predicted molar refractivity (Wildman–Crippen MR) is 36.8 cm³/mol. The number of rotatable bonds is 2. The number of hydrogen-bond donors (Lipinski definition) is 0. The van der Waals surface area contributed by atoms with Gasteiger partial charge in [-0.15, -0.1) is 0 Å². The van der Waals surface area contributed by atoms with Gasteiger partial charge in [-0.2, -0.15) is 0 Å². The Bertz CT molecular complexity index is 11.7. The maximum absolute atomic E-state index is 2.21. The molecule has 0 aliphatic carbocycles. The maximum atomic E-state index is 2.21. The van der Waals surface area contributed by atoms with Gasteiger partial charge < -0.3 is 0 Å². The van der Waals surface area contributed by atoms with Crippen molar-refractivity contribution in [3.05, 3.63) is 0 Å². The van der Waals surface area contributed by atoms with Gasteiger partial charge in [0.2, 0.25) is 0 Å². The van der Waals surface area contributed by atoms with Crippen LogP contribution < -0.4 is 0 Å². The summed E-state index contributed by atoms with van der Waals surface area (Å²) in [4.78, 5) is 0. The zero-order chi connectivity index (χ0) is 6.12. The Labute approximate surface area is 56.9 Å². The Morgan fingerprint density at radius 1 is 1.29 bits per heavy atom. The third-order valence-electron chi connectivity index (χ3n) is 0.707. The van der Waals surface area contributed by atoms with Crippen LogP contribution in [0.25, 0.3) is 0 Å². The minimum absolute atomic E-state index is 1.34. The van der Waals surface area contributed by atoms with Gasteiger partial charge in [-0.25, -0.2) is 0 Å². The zero-order valence-electron chi connectivity index (χ0n) is 6.12. The van der Waals surface area contributed by atoms with Gasteiger partial charge in [-0.05, 0) is 0 Å². The Morgan fingerprint density at radius 2 is 1.71 bits per heavy atom. The van der Waals surface area contributed by atoms with E-state index in [2.05, 4.69) is 24.6 Å². The summed E-state index contributed by atoms with van der Waals surface area (Å²) >= 11 is 2.21. The molecule has 0 spiro atoms. The summed E-state index contributed by atoms with van der Waals surface area (Å²) in [6.45, 7) is 6.21. The summed E-state index contributed by atoms with van der Waals surface area (Å²) in [5.41, 5.74) is 0. The number of unbranched alkanes of at least 4 members (excludes halogenated alkanes) is 1. The van der Waals surface area contributed by atoms with Crippen molar-refractivity contribution in [2.24, 2.45) is 0 Å². The van der Waals surface area contributed by atoms with E-state index in [0.29, 0.717) is 0 Å². The molecular weight excluding hydrogens is 79.0 g/mol. The summed E-state index contributed by atoms with van der Waals surface area (Å²) < 4.78 is 0. The van der Waals surface area contributed by atoms with Crippen LogP contribution in [0.15, 0.2) is 0 Å². The zero-order valence-corrected chi connectivity index (χ0v) is 6.12. The minimum atomic E-state index is 1.34. The van der Waals surface area contributed by atoms with Crippen LogP contribution in [0, 0.1) is 0 Å². The molecule has 0 atom stereocenters. The first-order valence-electron chi connectivity index (χ1n) is 3.41. The van der Waals surface area contributed by atoms with E-state index in [9.17, 15) is 0 Å². The fourth-order valence-electron chi connectivity index (χ4n) is 0.354. The molecule has 0 radical (unpaired) electrons. The van der Waals surface area contributed by atoms with E-state index < -0.39 is 0 Å². The summed E-state index contributed by atoms with van der Waals surface area (Å²) in [5.74, 6) is 0. The van der Waals surface area contributed by atoms with Crippen molar-refractivity contribution in [3.63, 3.8) is 0 Å². The van der Waals surface area contributed by atoms with E-state index in [0.717, 1.165) is 0 Å². The van der Waals surface area contributed by atoms with Crippen molar-refractivity contribution in [2.75, 3.05) is 0 Å². The summed E-state index contributed by atoms with van der Waals surface area (Å²) in [7, 11) is 0. The normalized spacial score (nSPS) is 7.00. The van der Waals surface area contributed by atoms with Gasteiger partial charge in [0, 0.05) is 0 Å². The van der Waals surface area contributed by atoms with Crippen molar-refractivity contribution in [1.29, 1.82) is 0 Å². The van der Waals surface area contributed by atoms with Crippen LogP contribution in [0.1, 0.15) is 33.6 Å². The van der Waals surface area contributed by atoms with Crippen LogP contribution in [0.4, 0.5) is 0 Å². The second kappa shape index (κ2) is 16.0. The monoisotopic (exact) mass is 94.1 g/mol. The molecule has 0 amide bonds. The molecule has 0 N–H and O–H groups in total. The summed E-state index contributed by atoms with van der Waals surface area (Å²) in [6, 6.07) is 0. The van der Waals surface area contributed by atoms with E-state index in [4.69, 9.17) is 0 Å². The van der Waals surface area contributed by atoms with Crippen LogP contribution in [-0.2, 0) is 0 Å². The topological polar surface area (TPSA) is 0 Å². The van der Waals surface area contributed by atoms with Gasteiger partial charge >= 0.3 is 42.6 Å². The predicted octanol–water partition coefficient (Wildman–Crippen LogP) is 2.40. The second-order valence-electron chi connectivity index (χ2n) is 1.35. The molecular formula is C6H15Li. The van der Waals surface area contributed by atoms with E-state index in [1.165, 1.54) is 17.9 Å². The Balaban J connectivity index is 0. The average Bonchev–Trinajstić information content (AvgIpc) is 1.75. The first-order valence-corrected chi connectivity index (χ1v) is 3.41. The van der Waals surface area contributed by atoms with Crippen LogP contribution in [-0.4, -0.2) is 17.7 Å². The van der Waals surface area contributed by atoms with Crippen molar-refractivity contribution in [3.8, 4) is 0 Å². The van der Waals surface area contributed by atoms with Crippen molar-refractivity contribution < 1.29 is 0 Å². The van der Waals surface area contributed by atoms with Gasteiger partial charge in [0.25, 0.3) is 0 Å². The van der Waals surface area contributed by atoms with Crippen LogP contribution in [0.2, 0.25) is 5.09 Å². The Kier molecular flexibility index (Phi) is 24.1. The van der Waals surface area contributed by atoms with E-state index in [1.54, 1.807) is 0 Å². The molecule has 0 saturated heterocycles. The molecule has 1 heteroatoms. The molecule has 0 aromatic heterocycles. The molecule has 0 aliphatic rings. The molecule has 0 heterocycles. The SMILES string of the molecule is CC.[Li][CH2]CCC. The van der Waals surface area contributed by atoms with Gasteiger partial charge in [-0.1, -0.05) is 13.8 Å². The van der Waals surface area contributed by atoms with Gasteiger partial charge in [-0.3, -0.25) is 0 Å². The third-order valence-corrected chi connectivity index (χ3v) is 0.707. The van der Waals surface area contributed by atoms with Crippen LogP contribution in [0.3, 0.4) is 0 Å². The van der Waals surface area contributed by atoms with E-state index in [1.807, 2.05) is 13.8 Å². The fourth-order valence-corrected chi connectivity index (χ4v) is 0.354. The molecule has 0 aromatic carbocycles. The van der Waals surface area contributed by atoms with Crippen LogP contribution >= 0.6 is 0 Å². The molecule has 0 bridgehead atoms. The van der Waals surface area contributed by atoms with Crippen LogP contribution in [0.5, 0.6) is 0 Å². The Hall–Kier alpha value is 0.597. The van der Waals surface area contributed by atoms with Crippen molar-refractivity contribution >= 4 is 17.7 Å². The Morgan fingerprint density at radius 3 is 1.71 bits per heavy atom. The second-order valence-corrected chi connectivity index (χ2v) is 1.35. The van der Waals surface area contributed by atoms with Crippen molar-refractivity contribution in [2.45, 2.75) is 38.7 Å². The molecule has 0 unspecified atom stereocenters. The van der Waals surface area contributed by atoms with E-state index >= 15 is 0 Å².